The molecule has 0 heterocycles. The Morgan fingerprint density at radius 1 is 1.18 bits per heavy atom. The summed E-state index contributed by atoms with van der Waals surface area (Å²) in [6.45, 7) is 1.29. The molecule has 1 fully saturated rings. The van der Waals surface area contributed by atoms with Crippen molar-refractivity contribution < 1.29 is 17.9 Å². The van der Waals surface area contributed by atoms with Gasteiger partial charge in [0.2, 0.25) is 0 Å². The van der Waals surface area contributed by atoms with Crippen LogP contribution in [0.15, 0.2) is 0 Å². The Morgan fingerprint density at radius 2 is 1.71 bits per heavy atom. The fraction of sp³-hybridized carbons (Fsp3) is 1.00. The Morgan fingerprint density at radius 3 is 2.12 bits per heavy atom. The van der Waals surface area contributed by atoms with E-state index in [0.717, 1.165) is 37.9 Å². The van der Waals surface area contributed by atoms with Crippen molar-refractivity contribution in [3.05, 3.63) is 0 Å². The van der Waals surface area contributed by atoms with Gasteiger partial charge in [0.1, 0.15) is 0 Å². The normalized spacial score (nSPS) is 23.1. The molecule has 1 rings (SSSR count). The number of rotatable bonds is 4. The predicted octanol–water partition coefficient (Wildman–Crippen LogP) is 4.69. The van der Waals surface area contributed by atoms with Crippen molar-refractivity contribution in [3.63, 3.8) is 0 Å². The van der Waals surface area contributed by atoms with Crippen LogP contribution in [0.25, 0.3) is 0 Å². The molecular formula is C12H20BrF3O. The molecule has 1 aliphatic rings. The minimum atomic E-state index is -4.25. The standard InChI is InChI=1S/C12H20BrF3O/c1-10(12(14,15)16)17-9-11(8-13)6-4-2-3-5-7-11/h10H,2-9H2,1H3. The summed E-state index contributed by atoms with van der Waals surface area (Å²) >= 11 is 3.44. The zero-order valence-corrected chi connectivity index (χ0v) is 11.7. The highest BCUT2D eigenvalue weighted by atomic mass is 79.9. The molecule has 1 atom stereocenters. The molecule has 0 spiro atoms. The SMILES string of the molecule is CC(OCC1(CBr)CCCCCC1)C(F)(F)F. The van der Waals surface area contributed by atoms with Gasteiger partial charge in [-0.15, -0.1) is 0 Å². The molecule has 1 saturated carbocycles. The second-order valence-corrected chi connectivity index (χ2v) is 5.60. The maximum Gasteiger partial charge on any atom is 0.414 e. The fourth-order valence-electron chi connectivity index (χ4n) is 2.19. The molecule has 5 heteroatoms. The third-order valence-corrected chi connectivity index (χ3v) is 4.74. The zero-order valence-electron chi connectivity index (χ0n) is 10.2. The minimum Gasteiger partial charge on any atom is -0.368 e. The minimum absolute atomic E-state index is 0.101. The summed E-state index contributed by atoms with van der Waals surface area (Å²) in [5.74, 6) is 0. The molecule has 0 aromatic rings. The first-order valence-corrected chi connectivity index (χ1v) is 7.26. The molecular weight excluding hydrogens is 297 g/mol. The highest BCUT2D eigenvalue weighted by Gasteiger charge is 2.39. The van der Waals surface area contributed by atoms with Crippen molar-refractivity contribution in [2.24, 2.45) is 5.41 Å². The van der Waals surface area contributed by atoms with Gasteiger partial charge in [-0.25, -0.2) is 0 Å². The van der Waals surface area contributed by atoms with Gasteiger partial charge < -0.3 is 4.74 Å². The van der Waals surface area contributed by atoms with E-state index in [4.69, 9.17) is 4.74 Å². The van der Waals surface area contributed by atoms with Crippen molar-refractivity contribution in [2.75, 3.05) is 11.9 Å². The third kappa shape index (κ3) is 4.78. The van der Waals surface area contributed by atoms with E-state index in [9.17, 15) is 13.2 Å². The van der Waals surface area contributed by atoms with E-state index >= 15 is 0 Å². The molecule has 1 unspecified atom stereocenters. The van der Waals surface area contributed by atoms with Crippen molar-refractivity contribution in [1.29, 1.82) is 0 Å². The maximum atomic E-state index is 12.4. The van der Waals surface area contributed by atoms with Crippen LogP contribution in [0.5, 0.6) is 0 Å². The molecule has 0 aromatic carbocycles. The molecule has 102 valence electrons. The van der Waals surface area contributed by atoms with E-state index in [-0.39, 0.29) is 12.0 Å². The molecule has 0 amide bonds. The molecule has 0 bridgehead atoms. The van der Waals surface area contributed by atoms with Gasteiger partial charge in [-0.05, 0) is 19.8 Å². The molecule has 0 N–H and O–H groups in total. The van der Waals surface area contributed by atoms with Gasteiger partial charge in [0.25, 0.3) is 0 Å². The Bertz CT molecular complexity index is 222. The Hall–Kier alpha value is 0.230. The van der Waals surface area contributed by atoms with Gasteiger partial charge in [-0.1, -0.05) is 41.6 Å². The Balaban J connectivity index is 2.50. The van der Waals surface area contributed by atoms with E-state index in [2.05, 4.69) is 15.9 Å². The smallest absolute Gasteiger partial charge is 0.368 e. The van der Waals surface area contributed by atoms with Gasteiger partial charge in [0.05, 0.1) is 6.61 Å². The highest BCUT2D eigenvalue weighted by Crippen LogP contribution is 2.38. The van der Waals surface area contributed by atoms with E-state index in [1.165, 1.54) is 12.8 Å². The van der Waals surface area contributed by atoms with Crippen LogP contribution in [0.1, 0.15) is 45.4 Å². The average Bonchev–Trinajstić information content (AvgIpc) is 2.50. The first kappa shape index (κ1) is 15.3. The molecule has 0 radical (unpaired) electrons. The summed E-state index contributed by atoms with van der Waals surface area (Å²) in [6.07, 6.45) is 0.559. The van der Waals surface area contributed by atoms with E-state index in [1.807, 2.05) is 0 Å². The summed E-state index contributed by atoms with van der Waals surface area (Å²) < 4.78 is 42.2. The van der Waals surface area contributed by atoms with Gasteiger partial charge in [0, 0.05) is 10.7 Å². The van der Waals surface area contributed by atoms with Crippen LogP contribution in [0.4, 0.5) is 13.2 Å². The van der Waals surface area contributed by atoms with Crippen LogP contribution in [-0.2, 0) is 4.74 Å². The van der Waals surface area contributed by atoms with Crippen LogP contribution < -0.4 is 0 Å². The van der Waals surface area contributed by atoms with Crippen LogP contribution in [-0.4, -0.2) is 24.2 Å². The van der Waals surface area contributed by atoms with Crippen molar-refractivity contribution in [1.82, 2.24) is 0 Å². The van der Waals surface area contributed by atoms with Crippen molar-refractivity contribution in [2.45, 2.75) is 57.7 Å². The summed E-state index contributed by atoms with van der Waals surface area (Å²) in [5, 5.41) is 0.727. The molecule has 1 nitrogen and oxygen atoms in total. The Labute approximate surface area is 109 Å². The van der Waals surface area contributed by atoms with E-state index < -0.39 is 12.3 Å². The molecule has 0 aliphatic heterocycles. The van der Waals surface area contributed by atoms with Crippen LogP contribution >= 0.6 is 15.9 Å². The predicted molar refractivity (Wildman–Crippen MR) is 65.4 cm³/mol. The first-order valence-electron chi connectivity index (χ1n) is 6.14. The fourth-order valence-corrected chi connectivity index (χ4v) is 2.91. The van der Waals surface area contributed by atoms with Gasteiger partial charge in [-0.2, -0.15) is 13.2 Å². The summed E-state index contributed by atoms with van der Waals surface area (Å²) in [6, 6.07) is 0. The largest absolute Gasteiger partial charge is 0.414 e. The second kappa shape index (κ2) is 6.41. The monoisotopic (exact) mass is 316 g/mol. The van der Waals surface area contributed by atoms with Gasteiger partial charge in [0.15, 0.2) is 6.10 Å². The van der Waals surface area contributed by atoms with E-state index in [1.54, 1.807) is 0 Å². The number of hydrogen-bond acceptors (Lipinski definition) is 1. The molecule has 0 aromatic heterocycles. The molecule has 0 saturated heterocycles. The topological polar surface area (TPSA) is 9.23 Å². The van der Waals surface area contributed by atoms with Crippen LogP contribution in [0.3, 0.4) is 0 Å². The van der Waals surface area contributed by atoms with Crippen molar-refractivity contribution >= 4 is 15.9 Å². The van der Waals surface area contributed by atoms with Crippen LogP contribution in [0, 0.1) is 5.41 Å². The summed E-state index contributed by atoms with van der Waals surface area (Å²) in [4.78, 5) is 0. The van der Waals surface area contributed by atoms with Crippen molar-refractivity contribution in [3.8, 4) is 0 Å². The van der Waals surface area contributed by atoms with Gasteiger partial charge >= 0.3 is 6.18 Å². The number of alkyl halides is 4. The lowest BCUT2D eigenvalue weighted by Crippen LogP contribution is -2.35. The quantitative estimate of drug-likeness (QED) is 0.540. The Kier molecular flexibility index (Phi) is 5.77. The number of hydrogen-bond donors (Lipinski definition) is 0. The number of ether oxygens (including phenoxy) is 1. The lowest BCUT2D eigenvalue weighted by molar-refractivity contribution is -0.220. The average molecular weight is 317 g/mol. The lowest BCUT2D eigenvalue weighted by Gasteiger charge is -2.32. The lowest BCUT2D eigenvalue weighted by atomic mass is 9.83. The highest BCUT2D eigenvalue weighted by molar-refractivity contribution is 9.09. The number of halogens is 4. The zero-order chi connectivity index (χ0) is 12.9. The molecule has 1 aliphatic carbocycles. The summed E-state index contributed by atoms with van der Waals surface area (Å²) in [7, 11) is 0. The van der Waals surface area contributed by atoms with Crippen LogP contribution in [0.2, 0.25) is 0 Å². The van der Waals surface area contributed by atoms with E-state index in [0.29, 0.717) is 0 Å². The van der Waals surface area contributed by atoms with Gasteiger partial charge in [-0.3, -0.25) is 0 Å². The third-order valence-electron chi connectivity index (χ3n) is 3.55. The molecule has 17 heavy (non-hydrogen) atoms. The summed E-state index contributed by atoms with van der Waals surface area (Å²) in [5.41, 5.74) is -0.101. The first-order chi connectivity index (χ1) is 7.90. The second-order valence-electron chi connectivity index (χ2n) is 5.04. The maximum absolute atomic E-state index is 12.4.